The van der Waals surface area contributed by atoms with Gasteiger partial charge in [-0.2, -0.15) is 4.31 Å². The summed E-state index contributed by atoms with van der Waals surface area (Å²) < 4.78 is 27.3. The Balaban J connectivity index is 1.40. The molecule has 1 heterocycles. The Hall–Kier alpha value is -1.40. The molecule has 6 heteroatoms. The number of benzene rings is 1. The van der Waals surface area contributed by atoms with Gasteiger partial charge in [0.1, 0.15) is 0 Å². The molecule has 40 heavy (non-hydrogen) atoms. The molecule has 0 bridgehead atoms. The van der Waals surface area contributed by atoms with Crippen LogP contribution in [0.2, 0.25) is 0 Å². The first-order valence-corrected chi connectivity index (χ1v) is 18.3. The van der Waals surface area contributed by atoms with Crippen molar-refractivity contribution in [2.75, 3.05) is 18.4 Å². The summed E-state index contributed by atoms with van der Waals surface area (Å²) in [4.78, 5) is 12.6. The molecule has 1 N–H and O–H groups in total. The zero-order valence-electron chi connectivity index (χ0n) is 25.9. The van der Waals surface area contributed by atoms with Gasteiger partial charge in [-0.1, -0.05) is 129 Å². The Bertz CT molecular complexity index is 877. The molecular weight excluding hydrogens is 516 g/mol. The molecule has 1 aromatic carbocycles. The summed E-state index contributed by atoms with van der Waals surface area (Å²) in [6, 6.07) is 6.63. The zero-order chi connectivity index (χ0) is 28.9. The number of carbonyl (C=O) groups excluding carboxylic acids is 1. The lowest BCUT2D eigenvalue weighted by atomic mass is 10.0. The van der Waals surface area contributed by atoms with Crippen molar-refractivity contribution in [2.45, 2.75) is 160 Å². The average molecular weight is 577 g/mol. The van der Waals surface area contributed by atoms with Gasteiger partial charge in [-0.25, -0.2) is 8.42 Å². The normalized spacial score (nSPS) is 14.9. The molecule has 2 rings (SSSR count). The molecule has 0 aromatic heterocycles. The van der Waals surface area contributed by atoms with Crippen molar-refractivity contribution in [3.8, 4) is 0 Å². The molecule has 1 aromatic rings. The van der Waals surface area contributed by atoms with Gasteiger partial charge in [0.25, 0.3) is 0 Å². The van der Waals surface area contributed by atoms with E-state index in [1.807, 2.05) is 0 Å². The lowest BCUT2D eigenvalue weighted by Crippen LogP contribution is -2.37. The summed E-state index contributed by atoms with van der Waals surface area (Å²) in [6.07, 6.45) is 27.9. The Labute approximate surface area is 247 Å². The second-order valence-electron chi connectivity index (χ2n) is 12.3. The number of piperidine rings is 1. The van der Waals surface area contributed by atoms with Gasteiger partial charge in [0.2, 0.25) is 15.9 Å². The van der Waals surface area contributed by atoms with E-state index in [9.17, 15) is 13.2 Å². The first kappa shape index (κ1) is 34.8. The maximum Gasteiger partial charge on any atom is 0.243 e. The molecule has 1 aliphatic rings. The smallest absolute Gasteiger partial charge is 0.243 e. The van der Waals surface area contributed by atoms with Crippen LogP contribution in [0.15, 0.2) is 29.2 Å². The number of nitrogens with zero attached hydrogens (tertiary/aromatic N) is 1. The number of sulfonamides is 1. The van der Waals surface area contributed by atoms with Crippen LogP contribution in [0.25, 0.3) is 0 Å². The number of unbranched alkanes of at least 4 members (excludes halogenated alkanes) is 18. The molecule has 0 saturated carbocycles. The van der Waals surface area contributed by atoms with E-state index in [0.717, 1.165) is 25.7 Å². The standard InChI is InChI=1S/C34H60N2O3S/c1-3-4-5-6-7-8-9-10-11-12-13-14-15-16-17-18-19-20-21-22-34(37)35-32-23-25-33(26-24-32)40(38,39)36-29-27-31(2)28-30-36/h23-26,31H,3-22,27-30H2,1-2H3,(H,35,37). The minimum atomic E-state index is -3.45. The highest BCUT2D eigenvalue weighted by Crippen LogP contribution is 2.24. The van der Waals surface area contributed by atoms with Gasteiger partial charge < -0.3 is 5.32 Å². The van der Waals surface area contributed by atoms with Gasteiger partial charge in [-0.05, 0) is 49.4 Å². The molecule has 0 atom stereocenters. The summed E-state index contributed by atoms with van der Waals surface area (Å²) in [5.41, 5.74) is 0.661. The van der Waals surface area contributed by atoms with Crippen molar-refractivity contribution < 1.29 is 13.2 Å². The van der Waals surface area contributed by atoms with Gasteiger partial charge in [-0.3, -0.25) is 4.79 Å². The fourth-order valence-corrected chi connectivity index (χ4v) is 7.14. The van der Waals surface area contributed by atoms with Gasteiger partial charge in [-0.15, -0.1) is 0 Å². The van der Waals surface area contributed by atoms with Crippen LogP contribution in [0.1, 0.15) is 155 Å². The predicted molar refractivity (Wildman–Crippen MR) is 170 cm³/mol. The summed E-state index contributed by atoms with van der Waals surface area (Å²) in [5, 5.41) is 2.92. The number of amides is 1. The molecule has 230 valence electrons. The molecule has 1 amide bonds. The number of hydrogen-bond acceptors (Lipinski definition) is 3. The number of rotatable bonds is 23. The van der Waals surface area contributed by atoms with Crippen LogP contribution < -0.4 is 5.32 Å². The maximum atomic E-state index is 12.9. The Morgan fingerprint density at radius 2 is 1.10 bits per heavy atom. The number of anilines is 1. The molecule has 1 fully saturated rings. The van der Waals surface area contributed by atoms with E-state index in [-0.39, 0.29) is 5.91 Å². The van der Waals surface area contributed by atoms with Crippen LogP contribution in [0, 0.1) is 5.92 Å². The second-order valence-corrected chi connectivity index (χ2v) is 14.2. The molecule has 1 aliphatic heterocycles. The largest absolute Gasteiger partial charge is 0.326 e. The quantitative estimate of drug-likeness (QED) is 0.132. The first-order chi connectivity index (χ1) is 19.4. The van der Waals surface area contributed by atoms with E-state index in [1.165, 1.54) is 109 Å². The van der Waals surface area contributed by atoms with Crippen molar-refractivity contribution in [1.29, 1.82) is 0 Å². The van der Waals surface area contributed by atoms with Gasteiger partial charge in [0.15, 0.2) is 0 Å². The number of nitrogens with one attached hydrogen (secondary N) is 1. The molecular formula is C34H60N2O3S. The number of carbonyl (C=O) groups is 1. The lowest BCUT2D eigenvalue weighted by molar-refractivity contribution is -0.116. The van der Waals surface area contributed by atoms with Crippen LogP contribution in [0.5, 0.6) is 0 Å². The van der Waals surface area contributed by atoms with E-state index in [4.69, 9.17) is 0 Å². The van der Waals surface area contributed by atoms with E-state index >= 15 is 0 Å². The Morgan fingerprint density at radius 1 is 0.700 bits per heavy atom. The maximum absolute atomic E-state index is 12.9. The Kier molecular flexibility index (Phi) is 18.6. The lowest BCUT2D eigenvalue weighted by Gasteiger charge is -2.29. The average Bonchev–Trinajstić information content (AvgIpc) is 2.95. The molecule has 0 unspecified atom stereocenters. The van der Waals surface area contributed by atoms with Crippen LogP contribution in [0.3, 0.4) is 0 Å². The highest BCUT2D eigenvalue weighted by Gasteiger charge is 2.27. The molecule has 0 radical (unpaired) electrons. The third kappa shape index (κ3) is 15.0. The molecule has 0 spiro atoms. The second kappa shape index (κ2) is 21.3. The summed E-state index contributed by atoms with van der Waals surface area (Å²) in [7, 11) is -3.45. The van der Waals surface area contributed by atoms with Crippen LogP contribution in [0.4, 0.5) is 5.69 Å². The molecule has 5 nitrogen and oxygen atoms in total. The minimum absolute atomic E-state index is 0.00704. The fourth-order valence-electron chi connectivity index (χ4n) is 5.67. The van der Waals surface area contributed by atoms with Crippen LogP contribution in [-0.4, -0.2) is 31.7 Å². The van der Waals surface area contributed by atoms with Gasteiger partial charge in [0.05, 0.1) is 4.90 Å². The first-order valence-electron chi connectivity index (χ1n) is 16.8. The highest BCUT2D eigenvalue weighted by molar-refractivity contribution is 7.89. The third-order valence-electron chi connectivity index (χ3n) is 8.53. The van der Waals surface area contributed by atoms with E-state index in [1.54, 1.807) is 28.6 Å². The highest BCUT2D eigenvalue weighted by atomic mass is 32.2. The van der Waals surface area contributed by atoms with E-state index in [0.29, 0.717) is 36.0 Å². The van der Waals surface area contributed by atoms with Crippen molar-refractivity contribution in [2.24, 2.45) is 5.92 Å². The predicted octanol–water partition coefficient (Wildman–Crippen LogP) is 9.87. The summed E-state index contributed by atoms with van der Waals surface area (Å²) in [6.45, 7) is 5.62. The zero-order valence-corrected chi connectivity index (χ0v) is 26.8. The summed E-state index contributed by atoms with van der Waals surface area (Å²) in [5.74, 6) is 0.588. The monoisotopic (exact) mass is 576 g/mol. The number of hydrogen-bond donors (Lipinski definition) is 1. The van der Waals surface area contributed by atoms with Crippen molar-refractivity contribution >= 4 is 21.6 Å². The SMILES string of the molecule is CCCCCCCCCCCCCCCCCCCCCC(=O)Nc1ccc(S(=O)(=O)N2CCC(C)CC2)cc1. The Morgan fingerprint density at radius 3 is 1.52 bits per heavy atom. The van der Waals surface area contributed by atoms with Crippen molar-refractivity contribution in [3.05, 3.63) is 24.3 Å². The van der Waals surface area contributed by atoms with E-state index < -0.39 is 10.0 Å². The molecule has 1 saturated heterocycles. The van der Waals surface area contributed by atoms with Crippen molar-refractivity contribution in [1.82, 2.24) is 4.31 Å². The third-order valence-corrected chi connectivity index (χ3v) is 10.4. The van der Waals surface area contributed by atoms with Crippen molar-refractivity contribution in [3.63, 3.8) is 0 Å². The topological polar surface area (TPSA) is 66.5 Å². The summed E-state index contributed by atoms with van der Waals surface area (Å²) >= 11 is 0. The van der Waals surface area contributed by atoms with Crippen LogP contribution >= 0.6 is 0 Å². The fraction of sp³-hybridized carbons (Fsp3) is 0.794. The minimum Gasteiger partial charge on any atom is -0.326 e. The van der Waals surface area contributed by atoms with Gasteiger partial charge in [0, 0.05) is 25.2 Å². The van der Waals surface area contributed by atoms with Crippen LogP contribution in [-0.2, 0) is 14.8 Å². The van der Waals surface area contributed by atoms with E-state index in [2.05, 4.69) is 19.2 Å². The molecule has 0 aliphatic carbocycles. The van der Waals surface area contributed by atoms with Gasteiger partial charge >= 0.3 is 0 Å².